The number of aryl methyl sites for hydroxylation is 2. The molecule has 2 nitrogen and oxygen atoms in total. The van der Waals surface area contributed by atoms with Crippen LogP contribution in [0.2, 0.25) is 0 Å². The van der Waals surface area contributed by atoms with Gasteiger partial charge in [0.1, 0.15) is 0 Å². The molecule has 2 aromatic rings. The van der Waals surface area contributed by atoms with E-state index in [0.717, 1.165) is 5.56 Å². The van der Waals surface area contributed by atoms with Gasteiger partial charge in [-0.15, -0.1) is 0 Å². The molecule has 2 rings (SSSR count). The molecule has 0 N–H and O–H groups in total. The van der Waals surface area contributed by atoms with Crippen molar-refractivity contribution in [2.24, 2.45) is 7.05 Å². The highest BCUT2D eigenvalue weighted by Crippen LogP contribution is 2.35. The van der Waals surface area contributed by atoms with Crippen LogP contribution in [0.15, 0.2) is 30.5 Å². The maximum Gasteiger partial charge on any atom is 0.435 e. The lowest BCUT2D eigenvalue weighted by Crippen LogP contribution is -2.08. The van der Waals surface area contributed by atoms with E-state index in [9.17, 15) is 13.2 Å². The number of rotatable bonds is 1. The summed E-state index contributed by atoms with van der Waals surface area (Å²) in [5, 5.41) is 3.47. The van der Waals surface area contributed by atoms with Crippen LogP contribution in [-0.2, 0) is 13.2 Å². The third kappa shape index (κ3) is 2.33. The van der Waals surface area contributed by atoms with Crippen molar-refractivity contribution in [3.05, 3.63) is 41.7 Å². The molecule has 0 fully saturated rings. The monoisotopic (exact) mass is 240 g/mol. The molecule has 0 atom stereocenters. The highest BCUT2D eigenvalue weighted by molar-refractivity contribution is 5.66. The Morgan fingerprint density at radius 1 is 1.12 bits per heavy atom. The van der Waals surface area contributed by atoms with Crippen molar-refractivity contribution in [1.29, 1.82) is 0 Å². The first-order chi connectivity index (χ1) is 7.88. The minimum absolute atomic E-state index is 0.111. The van der Waals surface area contributed by atoms with Crippen molar-refractivity contribution in [3.8, 4) is 11.1 Å². The number of aromatic nitrogens is 2. The molecule has 0 saturated carbocycles. The van der Waals surface area contributed by atoms with Crippen molar-refractivity contribution < 1.29 is 13.2 Å². The standard InChI is InChI=1S/C12H11F3N2/c1-8-3-5-9(6-4-8)10-7-17(2)16-11(10)12(13,14)15/h3-7H,1-2H3. The minimum atomic E-state index is -4.43. The minimum Gasteiger partial charge on any atom is -0.275 e. The van der Waals surface area contributed by atoms with E-state index in [-0.39, 0.29) is 5.56 Å². The molecule has 0 bridgehead atoms. The summed E-state index contributed by atoms with van der Waals surface area (Å²) in [7, 11) is 1.48. The number of hydrogen-bond donors (Lipinski definition) is 0. The summed E-state index contributed by atoms with van der Waals surface area (Å²) >= 11 is 0. The van der Waals surface area contributed by atoms with Crippen LogP contribution in [0.3, 0.4) is 0 Å². The fourth-order valence-electron chi connectivity index (χ4n) is 1.64. The van der Waals surface area contributed by atoms with Crippen LogP contribution in [-0.4, -0.2) is 9.78 Å². The summed E-state index contributed by atoms with van der Waals surface area (Å²) < 4.78 is 39.4. The van der Waals surface area contributed by atoms with Gasteiger partial charge in [-0.3, -0.25) is 4.68 Å². The van der Waals surface area contributed by atoms with Gasteiger partial charge in [0, 0.05) is 18.8 Å². The van der Waals surface area contributed by atoms with Crippen LogP contribution < -0.4 is 0 Å². The van der Waals surface area contributed by atoms with Gasteiger partial charge in [-0.25, -0.2) is 0 Å². The Morgan fingerprint density at radius 2 is 1.71 bits per heavy atom. The van der Waals surface area contributed by atoms with E-state index in [4.69, 9.17) is 0 Å². The van der Waals surface area contributed by atoms with Crippen LogP contribution in [0.4, 0.5) is 13.2 Å². The molecule has 0 amide bonds. The summed E-state index contributed by atoms with van der Waals surface area (Å²) in [6.07, 6.45) is -3.05. The normalized spacial score (nSPS) is 11.8. The molecule has 0 unspecified atom stereocenters. The second-order valence-corrected chi connectivity index (χ2v) is 3.93. The van der Waals surface area contributed by atoms with Gasteiger partial charge in [0.2, 0.25) is 0 Å². The summed E-state index contributed by atoms with van der Waals surface area (Å²) in [6.45, 7) is 1.89. The predicted molar refractivity (Wildman–Crippen MR) is 58.4 cm³/mol. The number of nitrogens with zero attached hydrogens (tertiary/aromatic N) is 2. The molecule has 17 heavy (non-hydrogen) atoms. The number of halogens is 3. The Bertz CT molecular complexity index is 524. The van der Waals surface area contributed by atoms with Crippen molar-refractivity contribution in [1.82, 2.24) is 9.78 Å². The van der Waals surface area contributed by atoms with Gasteiger partial charge < -0.3 is 0 Å². The number of benzene rings is 1. The topological polar surface area (TPSA) is 17.8 Å². The van der Waals surface area contributed by atoms with Crippen LogP contribution in [0.1, 0.15) is 11.3 Å². The van der Waals surface area contributed by atoms with E-state index in [2.05, 4.69) is 5.10 Å². The first-order valence-electron chi connectivity index (χ1n) is 5.06. The summed E-state index contributed by atoms with van der Waals surface area (Å²) in [5.41, 5.74) is 0.797. The van der Waals surface area contributed by atoms with Gasteiger partial charge in [-0.1, -0.05) is 29.8 Å². The Morgan fingerprint density at radius 3 is 2.24 bits per heavy atom. The second kappa shape index (κ2) is 3.91. The van der Waals surface area contributed by atoms with Gasteiger partial charge in [0.15, 0.2) is 5.69 Å². The summed E-state index contributed by atoms with van der Waals surface area (Å²) in [5.74, 6) is 0. The fourth-order valence-corrected chi connectivity index (χ4v) is 1.64. The second-order valence-electron chi connectivity index (χ2n) is 3.93. The molecular weight excluding hydrogens is 229 g/mol. The molecule has 0 aliphatic carbocycles. The molecule has 0 saturated heterocycles. The average molecular weight is 240 g/mol. The van der Waals surface area contributed by atoms with Gasteiger partial charge >= 0.3 is 6.18 Å². The molecule has 0 radical (unpaired) electrons. The highest BCUT2D eigenvalue weighted by atomic mass is 19.4. The zero-order valence-electron chi connectivity index (χ0n) is 9.42. The van der Waals surface area contributed by atoms with Crippen LogP contribution in [0, 0.1) is 6.92 Å². The molecule has 1 aromatic carbocycles. The molecule has 0 spiro atoms. The molecule has 0 aliphatic heterocycles. The number of hydrogen-bond acceptors (Lipinski definition) is 1. The maximum atomic E-state index is 12.8. The van der Waals surface area contributed by atoms with Crippen molar-refractivity contribution in [3.63, 3.8) is 0 Å². The third-order valence-corrected chi connectivity index (χ3v) is 2.46. The first kappa shape index (κ1) is 11.7. The molecule has 1 aromatic heterocycles. The lowest BCUT2D eigenvalue weighted by atomic mass is 10.0. The lowest BCUT2D eigenvalue weighted by molar-refractivity contribution is -0.140. The zero-order chi connectivity index (χ0) is 12.6. The molecule has 0 aliphatic rings. The first-order valence-corrected chi connectivity index (χ1v) is 5.06. The van der Waals surface area contributed by atoms with Crippen molar-refractivity contribution in [2.45, 2.75) is 13.1 Å². The van der Waals surface area contributed by atoms with Gasteiger partial charge in [0.05, 0.1) is 0 Å². The molecule has 5 heteroatoms. The molecule has 90 valence electrons. The fraction of sp³-hybridized carbons (Fsp3) is 0.250. The van der Waals surface area contributed by atoms with Gasteiger partial charge in [-0.05, 0) is 12.5 Å². The summed E-state index contributed by atoms with van der Waals surface area (Å²) in [6, 6.07) is 6.90. The maximum absolute atomic E-state index is 12.8. The Hall–Kier alpha value is -1.78. The van der Waals surface area contributed by atoms with E-state index < -0.39 is 11.9 Å². The average Bonchev–Trinajstić information content (AvgIpc) is 2.61. The van der Waals surface area contributed by atoms with E-state index >= 15 is 0 Å². The van der Waals surface area contributed by atoms with Gasteiger partial charge in [0.25, 0.3) is 0 Å². The van der Waals surface area contributed by atoms with Crippen LogP contribution in [0.5, 0.6) is 0 Å². The van der Waals surface area contributed by atoms with E-state index in [1.165, 1.54) is 17.9 Å². The Kier molecular flexibility index (Phi) is 2.69. The van der Waals surface area contributed by atoms with E-state index in [1.54, 1.807) is 24.3 Å². The van der Waals surface area contributed by atoms with Crippen molar-refractivity contribution in [2.75, 3.05) is 0 Å². The summed E-state index contributed by atoms with van der Waals surface area (Å²) in [4.78, 5) is 0. The van der Waals surface area contributed by atoms with Gasteiger partial charge in [-0.2, -0.15) is 18.3 Å². The number of alkyl halides is 3. The molecule has 1 heterocycles. The Labute approximate surface area is 96.7 Å². The lowest BCUT2D eigenvalue weighted by Gasteiger charge is -2.06. The predicted octanol–water partition coefficient (Wildman–Crippen LogP) is 3.41. The van der Waals surface area contributed by atoms with Crippen LogP contribution in [0.25, 0.3) is 11.1 Å². The largest absolute Gasteiger partial charge is 0.435 e. The Balaban J connectivity index is 2.55. The SMILES string of the molecule is Cc1ccc(-c2cn(C)nc2C(F)(F)F)cc1. The van der Waals surface area contributed by atoms with Crippen molar-refractivity contribution >= 4 is 0 Å². The smallest absolute Gasteiger partial charge is 0.275 e. The van der Waals surface area contributed by atoms with Crippen LogP contribution >= 0.6 is 0 Å². The molecular formula is C12H11F3N2. The zero-order valence-corrected chi connectivity index (χ0v) is 9.42. The third-order valence-electron chi connectivity index (χ3n) is 2.46. The van der Waals surface area contributed by atoms with E-state index in [1.807, 2.05) is 6.92 Å². The quantitative estimate of drug-likeness (QED) is 0.746. The van der Waals surface area contributed by atoms with E-state index in [0.29, 0.717) is 5.56 Å². The highest BCUT2D eigenvalue weighted by Gasteiger charge is 2.37.